The van der Waals surface area contributed by atoms with Gasteiger partial charge in [0.15, 0.2) is 5.78 Å². The highest BCUT2D eigenvalue weighted by Gasteiger charge is 2.55. The lowest BCUT2D eigenvalue weighted by atomic mass is 9.87. The van der Waals surface area contributed by atoms with Gasteiger partial charge in [-0.25, -0.2) is 5.48 Å². The van der Waals surface area contributed by atoms with Gasteiger partial charge in [-0.05, 0) is 25.5 Å². The molecule has 1 aromatic heterocycles. The summed E-state index contributed by atoms with van der Waals surface area (Å²) in [6.45, 7) is 3.80. The van der Waals surface area contributed by atoms with Crippen molar-refractivity contribution >= 4 is 23.4 Å². The van der Waals surface area contributed by atoms with Gasteiger partial charge in [0.1, 0.15) is 12.0 Å². The Morgan fingerprint density at radius 3 is 2.45 bits per heavy atom. The lowest BCUT2D eigenvalue weighted by Gasteiger charge is -2.32. The molecule has 1 saturated heterocycles. The molecule has 3 atom stereocenters. The first-order valence-corrected chi connectivity index (χ1v) is 10.2. The predicted molar refractivity (Wildman–Crippen MR) is 111 cm³/mol. The normalized spacial score (nSPS) is 19.4. The highest BCUT2D eigenvalue weighted by atomic mass is 16.5. The van der Waals surface area contributed by atoms with Crippen molar-refractivity contribution in [2.24, 2.45) is 5.92 Å². The van der Waals surface area contributed by atoms with Crippen molar-refractivity contribution in [3.8, 4) is 0 Å². The summed E-state index contributed by atoms with van der Waals surface area (Å²) in [5, 5.41) is 9.25. The third kappa shape index (κ3) is 4.39. The number of amides is 2. The van der Waals surface area contributed by atoms with E-state index < -0.39 is 41.4 Å². The third-order valence-corrected chi connectivity index (χ3v) is 5.53. The third-order valence-electron chi connectivity index (χ3n) is 5.53. The van der Waals surface area contributed by atoms with E-state index in [4.69, 9.17) is 0 Å². The van der Waals surface area contributed by atoms with Gasteiger partial charge in [-0.2, -0.15) is 0 Å². The van der Waals surface area contributed by atoms with Crippen LogP contribution in [0, 0.1) is 12.8 Å². The topological polar surface area (TPSA) is 117 Å². The maximum atomic E-state index is 13.3. The number of aromatic nitrogens is 1. The van der Waals surface area contributed by atoms with Crippen LogP contribution < -0.4 is 5.48 Å². The molecule has 1 fully saturated rings. The second kappa shape index (κ2) is 9.61. The van der Waals surface area contributed by atoms with Crippen LogP contribution in [0.5, 0.6) is 0 Å². The fraction of sp³-hybridized carbons (Fsp3) is 0.348. The Balaban J connectivity index is 2.11. The zero-order chi connectivity index (χ0) is 22.5. The quantitative estimate of drug-likeness (QED) is 0.221. The molecule has 8 heteroatoms. The molecular formula is C23H25N3O5. The Hall–Kier alpha value is -3.39. The summed E-state index contributed by atoms with van der Waals surface area (Å²) in [5.74, 6) is -4.45. The summed E-state index contributed by atoms with van der Waals surface area (Å²) in [5.41, 5.74) is 3.18. The Morgan fingerprint density at radius 1 is 1.16 bits per heavy atom. The number of hydrogen-bond donors (Lipinski definition) is 2. The minimum absolute atomic E-state index is 0.233. The molecule has 3 unspecified atom stereocenters. The molecular weight excluding hydrogens is 398 g/mol. The number of nitrogens with zero attached hydrogens (tertiary/aromatic N) is 2. The fourth-order valence-electron chi connectivity index (χ4n) is 3.92. The Labute approximate surface area is 180 Å². The molecule has 2 heterocycles. The summed E-state index contributed by atoms with van der Waals surface area (Å²) >= 11 is 0. The van der Waals surface area contributed by atoms with E-state index in [2.05, 4.69) is 4.98 Å². The molecule has 2 amide bonds. The van der Waals surface area contributed by atoms with E-state index in [1.54, 1.807) is 47.9 Å². The van der Waals surface area contributed by atoms with E-state index >= 15 is 0 Å². The number of ketones is 2. The number of carbonyl (C=O) groups is 4. The number of carbonyl (C=O) groups excluding carboxylic acids is 4. The van der Waals surface area contributed by atoms with Crippen LogP contribution >= 0.6 is 0 Å². The molecule has 2 N–H and O–H groups in total. The molecule has 31 heavy (non-hydrogen) atoms. The average molecular weight is 423 g/mol. The molecule has 162 valence electrons. The van der Waals surface area contributed by atoms with Crippen LogP contribution in [0.3, 0.4) is 0 Å². The van der Waals surface area contributed by atoms with Gasteiger partial charge in [-0.15, -0.1) is 0 Å². The van der Waals surface area contributed by atoms with Gasteiger partial charge < -0.3 is 4.90 Å². The number of likely N-dealkylation sites (tertiary alicyclic amines) is 1. The first-order chi connectivity index (χ1) is 14.9. The SMILES string of the molecule is CCCCC(C(=O)NO)N1C(=O)C(=O)C(C(=O)c2ccc(C)cc2)C1c1ccccn1. The Bertz CT molecular complexity index is 974. The van der Waals surface area contributed by atoms with Crippen molar-refractivity contribution in [3.05, 3.63) is 65.5 Å². The number of unbranched alkanes of at least 4 members (excludes halogenated alkanes) is 1. The number of nitrogens with one attached hydrogen (secondary N) is 1. The van der Waals surface area contributed by atoms with Crippen LogP contribution in [-0.4, -0.2) is 44.5 Å². The van der Waals surface area contributed by atoms with Crippen molar-refractivity contribution in [2.75, 3.05) is 0 Å². The van der Waals surface area contributed by atoms with E-state index in [9.17, 15) is 24.4 Å². The van der Waals surface area contributed by atoms with Crippen molar-refractivity contribution in [1.29, 1.82) is 0 Å². The summed E-state index contributed by atoms with van der Waals surface area (Å²) in [6, 6.07) is 9.57. The van der Waals surface area contributed by atoms with Crippen LogP contribution in [0.25, 0.3) is 0 Å². The zero-order valence-corrected chi connectivity index (χ0v) is 17.4. The van der Waals surface area contributed by atoms with E-state index in [0.29, 0.717) is 17.7 Å². The number of aryl methyl sites for hydroxylation is 1. The largest absolute Gasteiger partial charge is 0.314 e. The van der Waals surface area contributed by atoms with Crippen molar-refractivity contribution in [3.63, 3.8) is 0 Å². The molecule has 3 rings (SSSR count). The van der Waals surface area contributed by atoms with Gasteiger partial charge in [-0.1, -0.05) is 55.7 Å². The number of hydroxylamine groups is 1. The smallest absolute Gasteiger partial charge is 0.292 e. The molecule has 8 nitrogen and oxygen atoms in total. The maximum Gasteiger partial charge on any atom is 0.292 e. The molecule has 0 radical (unpaired) electrons. The monoisotopic (exact) mass is 423 g/mol. The molecule has 0 bridgehead atoms. The van der Waals surface area contributed by atoms with Gasteiger partial charge in [0, 0.05) is 11.8 Å². The highest BCUT2D eigenvalue weighted by molar-refractivity contribution is 6.44. The highest BCUT2D eigenvalue weighted by Crippen LogP contribution is 2.39. The second-order valence-electron chi connectivity index (χ2n) is 7.62. The first-order valence-electron chi connectivity index (χ1n) is 10.2. The van der Waals surface area contributed by atoms with Crippen LogP contribution in [-0.2, 0) is 14.4 Å². The fourth-order valence-corrected chi connectivity index (χ4v) is 3.92. The molecule has 0 aliphatic carbocycles. The summed E-state index contributed by atoms with van der Waals surface area (Å²) in [7, 11) is 0. The number of Topliss-reactive ketones (excluding diaryl/α,β-unsaturated/α-hetero) is 2. The molecule has 1 aromatic carbocycles. The van der Waals surface area contributed by atoms with Crippen molar-refractivity contribution in [1.82, 2.24) is 15.4 Å². The number of pyridine rings is 1. The van der Waals surface area contributed by atoms with Gasteiger partial charge in [0.05, 0.1) is 11.7 Å². The zero-order valence-electron chi connectivity index (χ0n) is 17.4. The second-order valence-corrected chi connectivity index (χ2v) is 7.62. The standard InChI is InChI=1S/C23H25N3O5/c1-3-4-8-17(22(29)25-31)26-19(16-7-5-6-13-24-16)18(21(28)23(26)30)20(27)15-11-9-14(2)10-12-15/h5-7,9-13,17-19,31H,3-4,8H2,1-2H3,(H,25,29). The first kappa shape index (κ1) is 22.3. The lowest BCUT2D eigenvalue weighted by molar-refractivity contribution is -0.147. The Kier molecular flexibility index (Phi) is 6.91. The van der Waals surface area contributed by atoms with Gasteiger partial charge in [0.25, 0.3) is 11.8 Å². The Morgan fingerprint density at radius 2 is 1.87 bits per heavy atom. The van der Waals surface area contributed by atoms with Crippen LogP contribution in [0.15, 0.2) is 48.7 Å². The minimum atomic E-state index is -1.33. The molecule has 0 spiro atoms. The lowest BCUT2D eigenvalue weighted by Crippen LogP contribution is -2.48. The maximum absolute atomic E-state index is 13.3. The molecule has 0 saturated carbocycles. The van der Waals surface area contributed by atoms with E-state index in [1.165, 1.54) is 6.20 Å². The summed E-state index contributed by atoms with van der Waals surface area (Å²) in [4.78, 5) is 57.3. The van der Waals surface area contributed by atoms with Crippen LogP contribution in [0.2, 0.25) is 0 Å². The van der Waals surface area contributed by atoms with Gasteiger partial charge in [0.2, 0.25) is 5.78 Å². The van der Waals surface area contributed by atoms with Crippen LogP contribution in [0.1, 0.15) is 53.8 Å². The van der Waals surface area contributed by atoms with Crippen molar-refractivity contribution in [2.45, 2.75) is 45.2 Å². The number of hydrogen-bond acceptors (Lipinski definition) is 6. The van der Waals surface area contributed by atoms with Gasteiger partial charge >= 0.3 is 0 Å². The summed E-state index contributed by atoms with van der Waals surface area (Å²) < 4.78 is 0. The summed E-state index contributed by atoms with van der Waals surface area (Å²) in [6.07, 6.45) is 3.06. The molecule has 2 aromatic rings. The van der Waals surface area contributed by atoms with Crippen LogP contribution in [0.4, 0.5) is 0 Å². The molecule has 1 aliphatic heterocycles. The van der Waals surface area contributed by atoms with E-state index in [1.807, 2.05) is 13.8 Å². The molecule has 1 aliphatic rings. The minimum Gasteiger partial charge on any atom is -0.314 e. The van der Waals surface area contributed by atoms with Crippen molar-refractivity contribution < 1.29 is 24.4 Å². The number of benzene rings is 1. The number of rotatable bonds is 8. The van der Waals surface area contributed by atoms with E-state index in [-0.39, 0.29) is 6.42 Å². The average Bonchev–Trinajstić information content (AvgIpc) is 3.05. The van der Waals surface area contributed by atoms with E-state index in [0.717, 1.165) is 16.9 Å². The predicted octanol–water partition coefficient (Wildman–Crippen LogP) is 2.41. The van der Waals surface area contributed by atoms with Gasteiger partial charge in [-0.3, -0.25) is 29.4 Å².